The van der Waals surface area contributed by atoms with E-state index in [2.05, 4.69) is 9.47 Å². The lowest BCUT2D eigenvalue weighted by atomic mass is 9.92. The molecule has 0 spiro atoms. The molecule has 0 amide bonds. The van der Waals surface area contributed by atoms with Crippen molar-refractivity contribution in [2.24, 2.45) is 0 Å². The topological polar surface area (TPSA) is 71.1 Å². The number of benzene rings is 1. The maximum Gasteiger partial charge on any atom is 0.573 e. The number of methoxy groups -OCH3 is 1. The number of alkyl halides is 3. The molecule has 0 aromatic heterocycles. The van der Waals surface area contributed by atoms with Gasteiger partial charge in [0.1, 0.15) is 23.7 Å². The number of esters is 2. The summed E-state index contributed by atoms with van der Waals surface area (Å²) in [6.45, 7) is 1.29. The standard InChI is InChI=1S/C15H15F3O6/c1-8(19)22-11-5-12(6-11)23-10-3-9(14(20)21-2)4-13(7-10)24-15(16,17)18/h3-4,7,11-12H,5-6H2,1-2H3. The van der Waals surface area contributed by atoms with E-state index < -0.39 is 24.1 Å². The number of carbonyl (C=O) groups is 2. The number of hydrogen-bond acceptors (Lipinski definition) is 6. The van der Waals surface area contributed by atoms with Crippen molar-refractivity contribution < 1.29 is 41.7 Å². The fourth-order valence-corrected chi connectivity index (χ4v) is 2.21. The van der Waals surface area contributed by atoms with Crippen LogP contribution in [-0.4, -0.2) is 37.6 Å². The van der Waals surface area contributed by atoms with Gasteiger partial charge in [-0.25, -0.2) is 4.79 Å². The highest BCUT2D eigenvalue weighted by molar-refractivity contribution is 5.90. The van der Waals surface area contributed by atoms with Gasteiger partial charge in [-0.3, -0.25) is 4.79 Å². The second-order valence-corrected chi connectivity index (χ2v) is 5.18. The van der Waals surface area contributed by atoms with Crippen molar-refractivity contribution in [2.45, 2.75) is 38.3 Å². The average molecular weight is 348 g/mol. The molecule has 0 radical (unpaired) electrons. The van der Waals surface area contributed by atoms with Crippen LogP contribution in [0.3, 0.4) is 0 Å². The minimum atomic E-state index is -4.90. The monoisotopic (exact) mass is 348 g/mol. The molecule has 0 saturated heterocycles. The summed E-state index contributed by atoms with van der Waals surface area (Å²) in [5.41, 5.74) is -0.134. The minimum absolute atomic E-state index is 0.0309. The number of carbonyl (C=O) groups excluding carboxylic acids is 2. The fourth-order valence-electron chi connectivity index (χ4n) is 2.21. The van der Waals surface area contributed by atoms with E-state index in [1.807, 2.05) is 0 Å². The summed E-state index contributed by atoms with van der Waals surface area (Å²) < 4.78 is 55.9. The van der Waals surface area contributed by atoms with E-state index >= 15 is 0 Å². The highest BCUT2D eigenvalue weighted by atomic mass is 19.4. The molecule has 0 bridgehead atoms. The smallest absolute Gasteiger partial charge is 0.490 e. The van der Waals surface area contributed by atoms with Crippen molar-refractivity contribution >= 4 is 11.9 Å². The van der Waals surface area contributed by atoms with Crippen molar-refractivity contribution in [3.63, 3.8) is 0 Å². The molecule has 1 fully saturated rings. The van der Waals surface area contributed by atoms with Gasteiger partial charge in [0.05, 0.1) is 12.7 Å². The summed E-state index contributed by atoms with van der Waals surface area (Å²) >= 11 is 0. The molecule has 1 aliphatic carbocycles. The summed E-state index contributed by atoms with van der Waals surface area (Å²) in [4.78, 5) is 22.4. The molecular formula is C15H15F3O6. The molecule has 0 aliphatic heterocycles. The Balaban J connectivity index is 2.09. The van der Waals surface area contributed by atoms with Gasteiger partial charge in [-0.2, -0.15) is 0 Å². The summed E-state index contributed by atoms with van der Waals surface area (Å²) in [7, 11) is 1.11. The van der Waals surface area contributed by atoms with Crippen LogP contribution in [0.2, 0.25) is 0 Å². The first kappa shape index (κ1) is 17.9. The quantitative estimate of drug-likeness (QED) is 0.762. The number of ether oxygens (including phenoxy) is 4. The van der Waals surface area contributed by atoms with E-state index in [9.17, 15) is 22.8 Å². The maximum absolute atomic E-state index is 12.4. The lowest BCUT2D eigenvalue weighted by molar-refractivity contribution is -0.274. The number of rotatable bonds is 5. The first-order valence-electron chi connectivity index (χ1n) is 6.99. The van der Waals surface area contributed by atoms with Crippen molar-refractivity contribution in [1.82, 2.24) is 0 Å². The van der Waals surface area contributed by atoms with Crippen molar-refractivity contribution in [3.8, 4) is 11.5 Å². The maximum atomic E-state index is 12.4. The molecule has 24 heavy (non-hydrogen) atoms. The molecule has 1 aliphatic rings. The van der Waals surface area contributed by atoms with Gasteiger partial charge < -0.3 is 18.9 Å². The summed E-state index contributed by atoms with van der Waals surface area (Å²) in [5, 5.41) is 0. The van der Waals surface area contributed by atoms with Gasteiger partial charge in [0.15, 0.2) is 0 Å². The zero-order valence-corrected chi connectivity index (χ0v) is 12.9. The first-order valence-corrected chi connectivity index (χ1v) is 6.99. The van der Waals surface area contributed by atoms with Gasteiger partial charge in [-0.1, -0.05) is 0 Å². The molecule has 9 heteroatoms. The second-order valence-electron chi connectivity index (χ2n) is 5.18. The van der Waals surface area contributed by atoms with Crippen LogP contribution >= 0.6 is 0 Å². The Hall–Kier alpha value is -2.45. The molecule has 2 rings (SSSR count). The van der Waals surface area contributed by atoms with Gasteiger partial charge in [-0.15, -0.1) is 13.2 Å². The van der Waals surface area contributed by atoms with Crippen LogP contribution < -0.4 is 9.47 Å². The Bertz CT molecular complexity index is 622. The third kappa shape index (κ3) is 5.04. The Morgan fingerprint density at radius 2 is 1.71 bits per heavy atom. The van der Waals surface area contributed by atoms with Crippen LogP contribution in [0.15, 0.2) is 18.2 Å². The fraction of sp³-hybridized carbons (Fsp3) is 0.467. The van der Waals surface area contributed by atoms with Crippen LogP contribution in [0.1, 0.15) is 30.1 Å². The third-order valence-corrected chi connectivity index (χ3v) is 3.22. The van der Waals surface area contributed by atoms with Crippen molar-refractivity contribution in [2.75, 3.05) is 7.11 Å². The largest absolute Gasteiger partial charge is 0.573 e. The highest BCUT2D eigenvalue weighted by Gasteiger charge is 2.34. The third-order valence-electron chi connectivity index (χ3n) is 3.22. The summed E-state index contributed by atoms with van der Waals surface area (Å²) in [5.74, 6) is -1.79. The van der Waals surface area contributed by atoms with Crippen LogP contribution in [-0.2, 0) is 14.3 Å². The Morgan fingerprint density at radius 1 is 1.08 bits per heavy atom. The second kappa shape index (κ2) is 6.98. The van der Waals surface area contributed by atoms with E-state index in [1.165, 1.54) is 13.0 Å². The van der Waals surface area contributed by atoms with E-state index in [1.54, 1.807) is 0 Å². The summed E-state index contributed by atoms with van der Waals surface area (Å²) in [6, 6.07) is 3.20. The minimum Gasteiger partial charge on any atom is -0.490 e. The van der Waals surface area contributed by atoms with Gasteiger partial charge in [0.2, 0.25) is 0 Å². The zero-order chi connectivity index (χ0) is 17.9. The summed E-state index contributed by atoms with van der Waals surface area (Å²) in [6.07, 6.45) is -4.68. The highest BCUT2D eigenvalue weighted by Crippen LogP contribution is 2.33. The van der Waals surface area contributed by atoms with Gasteiger partial charge in [0.25, 0.3) is 0 Å². The Morgan fingerprint density at radius 3 is 2.25 bits per heavy atom. The number of halogens is 3. The molecule has 1 aromatic rings. The van der Waals surface area contributed by atoms with Crippen molar-refractivity contribution in [1.29, 1.82) is 0 Å². The van der Waals surface area contributed by atoms with E-state index in [0.29, 0.717) is 12.8 Å². The van der Waals surface area contributed by atoms with Gasteiger partial charge in [0, 0.05) is 25.8 Å². The lowest BCUT2D eigenvalue weighted by Crippen LogP contribution is -2.40. The molecule has 0 heterocycles. The predicted octanol–water partition coefficient (Wildman–Crippen LogP) is 2.84. The first-order chi connectivity index (χ1) is 11.2. The molecular weight excluding hydrogens is 333 g/mol. The van der Waals surface area contributed by atoms with Gasteiger partial charge >= 0.3 is 18.3 Å². The lowest BCUT2D eigenvalue weighted by Gasteiger charge is -2.34. The molecule has 1 saturated carbocycles. The van der Waals surface area contributed by atoms with Crippen LogP contribution in [0, 0.1) is 0 Å². The van der Waals surface area contributed by atoms with Gasteiger partial charge in [-0.05, 0) is 12.1 Å². The molecule has 0 N–H and O–H groups in total. The molecule has 132 valence electrons. The normalized spacial score (nSPS) is 19.9. The van der Waals surface area contributed by atoms with E-state index in [4.69, 9.17) is 9.47 Å². The van der Waals surface area contributed by atoms with E-state index in [0.717, 1.165) is 19.2 Å². The predicted molar refractivity (Wildman–Crippen MR) is 73.7 cm³/mol. The van der Waals surface area contributed by atoms with Crippen LogP contribution in [0.5, 0.6) is 11.5 Å². The van der Waals surface area contributed by atoms with Crippen LogP contribution in [0.25, 0.3) is 0 Å². The zero-order valence-electron chi connectivity index (χ0n) is 12.9. The average Bonchev–Trinajstić information content (AvgIpc) is 2.41. The molecule has 0 atom stereocenters. The SMILES string of the molecule is COC(=O)c1cc(OC2CC(OC(C)=O)C2)cc(OC(F)(F)F)c1. The Labute approximate surface area is 135 Å². The van der Waals surface area contributed by atoms with Crippen molar-refractivity contribution in [3.05, 3.63) is 23.8 Å². The van der Waals surface area contributed by atoms with E-state index in [-0.39, 0.29) is 23.5 Å². The Kier molecular flexibility index (Phi) is 5.20. The number of hydrogen-bond donors (Lipinski definition) is 0. The van der Waals surface area contributed by atoms with Crippen LogP contribution in [0.4, 0.5) is 13.2 Å². The molecule has 0 unspecified atom stereocenters. The molecule has 1 aromatic carbocycles. The molecule has 6 nitrogen and oxygen atoms in total.